The summed E-state index contributed by atoms with van der Waals surface area (Å²) < 4.78 is 24.6. The fourth-order valence-corrected chi connectivity index (χ4v) is 3.76. The Morgan fingerprint density at radius 1 is 1.24 bits per heavy atom. The first kappa shape index (κ1) is 13.3. The molecule has 0 saturated carbocycles. The molecule has 0 amide bonds. The summed E-state index contributed by atoms with van der Waals surface area (Å²) in [5.74, 6) is 0.420. The quantitative estimate of drug-likeness (QED) is 0.760. The Hall–Kier alpha value is -0.170. The number of sulfonamides is 1. The van der Waals surface area contributed by atoms with E-state index in [9.17, 15) is 13.5 Å². The van der Waals surface area contributed by atoms with Gasteiger partial charge in [-0.1, -0.05) is 0 Å². The van der Waals surface area contributed by atoms with Crippen LogP contribution in [0.1, 0.15) is 19.3 Å². The maximum absolute atomic E-state index is 11.5. The number of rotatable bonds is 3. The minimum Gasteiger partial charge on any atom is -0.392 e. The summed E-state index contributed by atoms with van der Waals surface area (Å²) in [4.78, 5) is 2.25. The first-order valence-corrected chi connectivity index (χ1v) is 8.15. The van der Waals surface area contributed by atoms with E-state index in [2.05, 4.69) is 4.90 Å². The van der Waals surface area contributed by atoms with Crippen molar-refractivity contribution in [1.29, 1.82) is 0 Å². The van der Waals surface area contributed by atoms with E-state index in [-0.39, 0.29) is 6.10 Å². The maximum Gasteiger partial charge on any atom is 0.211 e. The zero-order valence-corrected chi connectivity index (χ0v) is 11.2. The molecule has 6 heteroatoms. The predicted octanol–water partition coefficient (Wildman–Crippen LogP) is -0.275. The topological polar surface area (TPSA) is 60.9 Å². The fraction of sp³-hybridized carbons (Fsp3) is 1.00. The Morgan fingerprint density at radius 2 is 2.00 bits per heavy atom. The van der Waals surface area contributed by atoms with Crippen LogP contribution in [0.15, 0.2) is 0 Å². The molecular weight excluding hydrogens is 240 g/mol. The molecule has 1 unspecified atom stereocenters. The van der Waals surface area contributed by atoms with Crippen LogP contribution in [0.25, 0.3) is 0 Å². The zero-order chi connectivity index (χ0) is 12.5. The zero-order valence-electron chi connectivity index (χ0n) is 10.4. The molecule has 5 nitrogen and oxygen atoms in total. The highest BCUT2D eigenvalue weighted by molar-refractivity contribution is 7.88. The van der Waals surface area contributed by atoms with Gasteiger partial charge >= 0.3 is 0 Å². The van der Waals surface area contributed by atoms with Gasteiger partial charge in [-0.15, -0.1) is 0 Å². The van der Waals surface area contributed by atoms with Gasteiger partial charge in [0.05, 0.1) is 12.4 Å². The second-order valence-corrected chi connectivity index (χ2v) is 7.31. The van der Waals surface area contributed by atoms with Gasteiger partial charge in [0, 0.05) is 32.7 Å². The number of aliphatic hydroxyl groups is 1. The molecule has 100 valence electrons. The third-order valence-corrected chi connectivity index (χ3v) is 4.98. The van der Waals surface area contributed by atoms with Crippen molar-refractivity contribution in [1.82, 2.24) is 9.21 Å². The average Bonchev–Trinajstić information content (AvgIpc) is 2.63. The number of likely N-dealkylation sites (tertiary alicyclic amines) is 1. The van der Waals surface area contributed by atoms with E-state index in [1.807, 2.05) is 0 Å². The fourth-order valence-electron chi connectivity index (χ4n) is 2.82. The Labute approximate surface area is 103 Å². The van der Waals surface area contributed by atoms with Gasteiger partial charge in [0.15, 0.2) is 0 Å². The van der Waals surface area contributed by atoms with E-state index >= 15 is 0 Å². The van der Waals surface area contributed by atoms with Crippen molar-refractivity contribution in [3.05, 3.63) is 0 Å². The van der Waals surface area contributed by atoms with E-state index < -0.39 is 10.0 Å². The van der Waals surface area contributed by atoms with Gasteiger partial charge in [0.2, 0.25) is 10.0 Å². The predicted molar refractivity (Wildman–Crippen MR) is 66.2 cm³/mol. The van der Waals surface area contributed by atoms with Crippen LogP contribution < -0.4 is 0 Å². The van der Waals surface area contributed by atoms with Gasteiger partial charge in [-0.25, -0.2) is 12.7 Å². The normalized spacial score (nSPS) is 33.1. The van der Waals surface area contributed by atoms with E-state index in [1.165, 1.54) is 6.26 Å². The number of nitrogens with zero attached hydrogens (tertiary/aromatic N) is 2. The second-order valence-electron chi connectivity index (χ2n) is 5.33. The van der Waals surface area contributed by atoms with E-state index in [0.717, 1.165) is 38.9 Å². The highest BCUT2D eigenvalue weighted by Gasteiger charge is 2.29. The molecule has 2 atom stereocenters. The summed E-state index contributed by atoms with van der Waals surface area (Å²) in [7, 11) is -3.04. The number of hydrogen-bond acceptors (Lipinski definition) is 4. The summed E-state index contributed by atoms with van der Waals surface area (Å²) in [5, 5.41) is 9.46. The van der Waals surface area contributed by atoms with E-state index in [0.29, 0.717) is 19.0 Å². The van der Waals surface area contributed by atoms with Gasteiger partial charge < -0.3 is 10.0 Å². The Bertz CT molecular complexity index is 358. The molecule has 1 N–H and O–H groups in total. The largest absolute Gasteiger partial charge is 0.392 e. The number of hydrogen-bond donors (Lipinski definition) is 1. The lowest BCUT2D eigenvalue weighted by atomic mass is 9.99. The molecule has 2 heterocycles. The first-order chi connectivity index (χ1) is 7.95. The minimum atomic E-state index is -3.04. The van der Waals surface area contributed by atoms with Crippen LogP contribution in [0.3, 0.4) is 0 Å². The first-order valence-electron chi connectivity index (χ1n) is 6.30. The molecule has 0 spiro atoms. The molecule has 0 aliphatic carbocycles. The summed E-state index contributed by atoms with van der Waals surface area (Å²) >= 11 is 0. The van der Waals surface area contributed by atoms with Gasteiger partial charge in [-0.3, -0.25) is 0 Å². The highest BCUT2D eigenvalue weighted by Crippen LogP contribution is 2.21. The minimum absolute atomic E-state index is 0.190. The lowest BCUT2D eigenvalue weighted by Gasteiger charge is -2.33. The van der Waals surface area contributed by atoms with Crippen molar-refractivity contribution in [3.63, 3.8) is 0 Å². The SMILES string of the molecule is CS(=O)(=O)N1CCCC(CN2CC[C@H](O)C2)C1. The van der Waals surface area contributed by atoms with Crippen LogP contribution in [0.5, 0.6) is 0 Å². The third-order valence-electron chi connectivity index (χ3n) is 3.71. The number of piperidine rings is 1. The molecule has 2 saturated heterocycles. The molecule has 2 aliphatic rings. The molecule has 0 radical (unpaired) electrons. The van der Waals surface area contributed by atoms with Crippen LogP contribution in [0.2, 0.25) is 0 Å². The van der Waals surface area contributed by atoms with Crippen molar-refractivity contribution < 1.29 is 13.5 Å². The summed E-state index contributed by atoms with van der Waals surface area (Å²) in [5.41, 5.74) is 0. The van der Waals surface area contributed by atoms with Crippen LogP contribution in [-0.4, -0.2) is 67.8 Å². The van der Waals surface area contributed by atoms with Gasteiger partial charge in [-0.2, -0.15) is 0 Å². The lowest BCUT2D eigenvalue weighted by molar-refractivity contribution is 0.157. The molecule has 2 fully saturated rings. The van der Waals surface area contributed by atoms with Crippen molar-refractivity contribution >= 4 is 10.0 Å². The van der Waals surface area contributed by atoms with Crippen molar-refractivity contribution in [2.75, 3.05) is 39.0 Å². The maximum atomic E-state index is 11.5. The van der Waals surface area contributed by atoms with Crippen molar-refractivity contribution in [2.24, 2.45) is 5.92 Å². The monoisotopic (exact) mass is 262 g/mol. The lowest BCUT2D eigenvalue weighted by Crippen LogP contribution is -2.43. The summed E-state index contributed by atoms with van der Waals surface area (Å²) in [6, 6.07) is 0. The third kappa shape index (κ3) is 3.64. The highest BCUT2D eigenvalue weighted by atomic mass is 32.2. The van der Waals surface area contributed by atoms with Crippen LogP contribution >= 0.6 is 0 Å². The Balaban J connectivity index is 1.85. The van der Waals surface area contributed by atoms with Crippen molar-refractivity contribution in [2.45, 2.75) is 25.4 Å². The smallest absolute Gasteiger partial charge is 0.211 e. The molecule has 0 aromatic heterocycles. The molecule has 0 bridgehead atoms. The summed E-state index contributed by atoms with van der Waals surface area (Å²) in [6.45, 7) is 3.92. The number of β-amino-alcohol motifs (C(OH)–C–C–N with tert-alkyl or cyclic N) is 1. The molecule has 2 aliphatic heterocycles. The van der Waals surface area contributed by atoms with Gasteiger partial charge in [-0.05, 0) is 25.2 Å². The molecule has 2 rings (SSSR count). The van der Waals surface area contributed by atoms with Crippen LogP contribution in [0.4, 0.5) is 0 Å². The Morgan fingerprint density at radius 3 is 2.59 bits per heavy atom. The van der Waals surface area contributed by atoms with Crippen molar-refractivity contribution in [3.8, 4) is 0 Å². The van der Waals surface area contributed by atoms with Crippen LogP contribution in [-0.2, 0) is 10.0 Å². The van der Waals surface area contributed by atoms with Gasteiger partial charge in [0.1, 0.15) is 0 Å². The van der Waals surface area contributed by atoms with E-state index in [4.69, 9.17) is 0 Å². The molecule has 0 aromatic carbocycles. The van der Waals surface area contributed by atoms with Gasteiger partial charge in [0.25, 0.3) is 0 Å². The molecule has 0 aromatic rings. The summed E-state index contributed by atoms with van der Waals surface area (Å²) in [6.07, 6.45) is 3.99. The standard InChI is InChI=1S/C11H22N2O3S/c1-17(15,16)13-5-2-3-10(8-13)7-12-6-4-11(14)9-12/h10-11,14H,2-9H2,1H3/t10?,11-/m0/s1. The van der Waals surface area contributed by atoms with E-state index in [1.54, 1.807) is 4.31 Å². The Kier molecular flexibility index (Phi) is 4.07. The van der Waals surface area contributed by atoms with Crippen LogP contribution in [0, 0.1) is 5.92 Å². The second kappa shape index (κ2) is 5.22. The number of aliphatic hydroxyl groups excluding tert-OH is 1. The average molecular weight is 262 g/mol. The molecular formula is C11H22N2O3S. The molecule has 17 heavy (non-hydrogen) atoms.